The predicted octanol–water partition coefficient (Wildman–Crippen LogP) is 2.93. The number of urea groups is 1. The lowest BCUT2D eigenvalue weighted by Crippen LogP contribution is -2.64. The Bertz CT molecular complexity index is 1060. The number of hydrogen-bond donors (Lipinski definition) is 0. The van der Waals surface area contributed by atoms with Gasteiger partial charge in [0.15, 0.2) is 12.2 Å². The molecule has 154 valence electrons. The van der Waals surface area contributed by atoms with Crippen molar-refractivity contribution in [3.05, 3.63) is 64.7 Å². The molecule has 3 aliphatic heterocycles. The van der Waals surface area contributed by atoms with Crippen LogP contribution in [0, 0.1) is 6.92 Å². The summed E-state index contributed by atoms with van der Waals surface area (Å²) in [6, 6.07) is 14.5. The number of fused-ring (bicyclic) bond motifs is 3. The Morgan fingerprint density at radius 2 is 1.83 bits per heavy atom. The summed E-state index contributed by atoms with van der Waals surface area (Å²) in [5, 5.41) is 0.694. The molecule has 8 heteroatoms. The van der Waals surface area contributed by atoms with Crippen molar-refractivity contribution >= 4 is 35.2 Å². The average molecular weight is 424 g/mol. The molecule has 0 radical (unpaired) electrons. The van der Waals surface area contributed by atoms with Gasteiger partial charge in [-0.15, -0.1) is 0 Å². The molecule has 3 aliphatic rings. The smallest absolute Gasteiger partial charge is 0.325 e. The number of hydrogen-bond acceptors (Lipinski definition) is 5. The molecule has 2 atom stereocenters. The van der Waals surface area contributed by atoms with Crippen molar-refractivity contribution < 1.29 is 9.59 Å². The van der Waals surface area contributed by atoms with E-state index in [-0.39, 0.29) is 18.5 Å². The van der Waals surface area contributed by atoms with Gasteiger partial charge in [-0.25, -0.2) is 9.79 Å². The van der Waals surface area contributed by atoms with Crippen LogP contribution in [0.5, 0.6) is 0 Å². The van der Waals surface area contributed by atoms with Gasteiger partial charge in [-0.05, 0) is 30.2 Å². The molecule has 0 aromatic heterocycles. The van der Waals surface area contributed by atoms with E-state index in [0.717, 1.165) is 22.8 Å². The van der Waals surface area contributed by atoms with Gasteiger partial charge >= 0.3 is 6.03 Å². The molecule has 2 aromatic carbocycles. The highest BCUT2D eigenvalue weighted by atomic mass is 35.5. The summed E-state index contributed by atoms with van der Waals surface area (Å²) in [4.78, 5) is 38.2. The van der Waals surface area contributed by atoms with Gasteiger partial charge in [0.05, 0.1) is 6.54 Å². The van der Waals surface area contributed by atoms with Gasteiger partial charge in [0, 0.05) is 30.8 Å². The first-order valence-corrected chi connectivity index (χ1v) is 10.3. The summed E-state index contributed by atoms with van der Waals surface area (Å²) in [5.74, 6) is 0.528. The molecule has 3 heterocycles. The van der Waals surface area contributed by atoms with E-state index in [1.54, 1.807) is 11.9 Å². The molecule has 5 rings (SSSR count). The number of amides is 3. The number of nitrogens with zero attached hydrogens (tertiary/aromatic N) is 5. The van der Waals surface area contributed by atoms with Gasteiger partial charge in [-0.2, -0.15) is 0 Å². The molecule has 0 spiro atoms. The fourth-order valence-corrected chi connectivity index (χ4v) is 4.63. The third-order valence-corrected chi connectivity index (χ3v) is 6.50. The first-order chi connectivity index (χ1) is 14.5. The largest absolute Gasteiger partial charge is 0.328 e. The van der Waals surface area contributed by atoms with E-state index in [1.807, 2.05) is 60.4 Å². The van der Waals surface area contributed by atoms with E-state index in [4.69, 9.17) is 16.6 Å². The van der Waals surface area contributed by atoms with Gasteiger partial charge in [-0.3, -0.25) is 9.69 Å². The molecule has 2 aromatic rings. The molecule has 0 N–H and O–H groups in total. The molecule has 7 nitrogen and oxygen atoms in total. The predicted molar refractivity (Wildman–Crippen MR) is 115 cm³/mol. The summed E-state index contributed by atoms with van der Waals surface area (Å²) in [5.41, 5.74) is 2.87. The van der Waals surface area contributed by atoms with E-state index in [2.05, 4.69) is 4.90 Å². The van der Waals surface area contributed by atoms with Crippen LogP contribution < -0.4 is 4.90 Å². The number of anilines is 1. The van der Waals surface area contributed by atoms with Gasteiger partial charge in [0.25, 0.3) is 5.91 Å². The highest BCUT2D eigenvalue weighted by Crippen LogP contribution is 2.36. The van der Waals surface area contributed by atoms with Crippen LogP contribution in [-0.2, 0) is 11.3 Å². The van der Waals surface area contributed by atoms with Gasteiger partial charge in [0.2, 0.25) is 5.96 Å². The highest BCUT2D eigenvalue weighted by molar-refractivity contribution is 6.31. The van der Waals surface area contributed by atoms with Crippen molar-refractivity contribution in [1.29, 1.82) is 0 Å². The lowest BCUT2D eigenvalue weighted by Gasteiger charge is -2.40. The number of halogens is 1. The van der Waals surface area contributed by atoms with Crippen molar-refractivity contribution in [1.82, 2.24) is 14.7 Å². The summed E-state index contributed by atoms with van der Waals surface area (Å²) in [6.45, 7) is 3.61. The number of likely N-dealkylation sites (N-methyl/N-ethyl adjacent to an activating group) is 1. The number of imide groups is 1. The lowest BCUT2D eigenvalue weighted by molar-refractivity contribution is -0.137. The Morgan fingerprint density at radius 3 is 2.60 bits per heavy atom. The Balaban J connectivity index is 1.46. The molecule has 2 unspecified atom stereocenters. The number of benzene rings is 2. The normalized spacial score (nSPS) is 23.1. The quantitative estimate of drug-likeness (QED) is 0.761. The van der Waals surface area contributed by atoms with Crippen LogP contribution in [0.4, 0.5) is 10.5 Å². The zero-order valence-corrected chi connectivity index (χ0v) is 17.6. The van der Waals surface area contributed by atoms with E-state index in [9.17, 15) is 9.59 Å². The van der Waals surface area contributed by atoms with E-state index >= 15 is 0 Å². The molecule has 3 amide bonds. The molecule has 2 fully saturated rings. The maximum Gasteiger partial charge on any atom is 0.328 e. The van der Waals surface area contributed by atoms with E-state index < -0.39 is 12.2 Å². The number of rotatable bonds is 3. The van der Waals surface area contributed by atoms with Crippen LogP contribution in [0.1, 0.15) is 11.1 Å². The second kappa shape index (κ2) is 7.02. The van der Waals surface area contributed by atoms with Crippen molar-refractivity contribution in [2.75, 3.05) is 25.0 Å². The minimum atomic E-state index is -0.519. The fraction of sp³-hybridized carbons (Fsp3) is 0.318. The third kappa shape index (κ3) is 2.76. The topological polar surface area (TPSA) is 59.5 Å². The van der Waals surface area contributed by atoms with Gasteiger partial charge in [0.1, 0.15) is 0 Å². The van der Waals surface area contributed by atoms with Gasteiger partial charge < -0.3 is 14.7 Å². The fourth-order valence-electron chi connectivity index (χ4n) is 4.46. The van der Waals surface area contributed by atoms with Crippen LogP contribution >= 0.6 is 11.6 Å². The minimum absolute atomic E-state index is 0.199. The molecule has 0 bridgehead atoms. The SMILES string of the molecule is Cc1c(Cl)cccc1N1CCN2C1=NC1C2C(=O)N(Cc2ccccc2)C(=O)N1C. The maximum absolute atomic E-state index is 13.4. The molecule has 0 aliphatic carbocycles. The Morgan fingerprint density at radius 1 is 1.07 bits per heavy atom. The lowest BCUT2D eigenvalue weighted by atomic mass is 10.1. The summed E-state index contributed by atoms with van der Waals surface area (Å²) >= 11 is 6.32. The maximum atomic E-state index is 13.4. The molecular formula is C22H22ClN5O2. The monoisotopic (exact) mass is 423 g/mol. The Kier molecular flexibility index (Phi) is 4.43. The molecule has 0 saturated carbocycles. The van der Waals surface area contributed by atoms with Crippen LogP contribution in [0.25, 0.3) is 0 Å². The van der Waals surface area contributed by atoms with Crippen LogP contribution in [0.15, 0.2) is 53.5 Å². The Hall–Kier alpha value is -3.06. The first kappa shape index (κ1) is 18.9. The molecule has 2 saturated heterocycles. The second-order valence-corrected chi connectivity index (χ2v) is 8.23. The van der Waals surface area contributed by atoms with Crippen LogP contribution in [-0.4, -0.2) is 64.9 Å². The first-order valence-electron chi connectivity index (χ1n) is 9.96. The standard InChI is InChI=1S/C22H22ClN5O2/c1-14-16(23)9-6-10-17(14)26-11-12-27-18-19(24-21(26)27)25(2)22(30)28(20(18)29)13-15-7-4-3-5-8-15/h3-10,18-19H,11-13H2,1-2H3. The van der Waals surface area contributed by atoms with Crippen molar-refractivity contribution in [3.8, 4) is 0 Å². The molecule has 30 heavy (non-hydrogen) atoms. The van der Waals surface area contributed by atoms with E-state index in [1.165, 1.54) is 4.90 Å². The van der Waals surface area contributed by atoms with Crippen LogP contribution in [0.3, 0.4) is 0 Å². The number of carbonyl (C=O) groups excluding carboxylic acids is 2. The number of aliphatic imine (C=N–C) groups is 1. The van der Waals surface area contributed by atoms with E-state index in [0.29, 0.717) is 18.1 Å². The summed E-state index contributed by atoms with van der Waals surface area (Å²) in [7, 11) is 1.71. The number of guanidine groups is 1. The van der Waals surface area contributed by atoms with Crippen molar-refractivity contribution in [2.45, 2.75) is 25.7 Å². The van der Waals surface area contributed by atoms with Gasteiger partial charge in [-0.1, -0.05) is 48.0 Å². The number of carbonyl (C=O) groups is 2. The summed E-state index contributed by atoms with van der Waals surface area (Å²) < 4.78 is 0. The average Bonchev–Trinajstić information content (AvgIpc) is 3.32. The van der Waals surface area contributed by atoms with Crippen molar-refractivity contribution in [3.63, 3.8) is 0 Å². The minimum Gasteiger partial charge on any atom is -0.325 e. The highest BCUT2D eigenvalue weighted by Gasteiger charge is 2.54. The van der Waals surface area contributed by atoms with Crippen LogP contribution in [0.2, 0.25) is 5.02 Å². The molecular weight excluding hydrogens is 402 g/mol. The summed E-state index contributed by atoms with van der Waals surface area (Å²) in [6.07, 6.45) is -0.519. The zero-order valence-electron chi connectivity index (χ0n) is 16.8. The third-order valence-electron chi connectivity index (χ3n) is 6.09. The Labute approximate surface area is 180 Å². The zero-order chi connectivity index (χ0) is 21.0. The van der Waals surface area contributed by atoms with Crippen molar-refractivity contribution in [2.24, 2.45) is 4.99 Å². The second-order valence-electron chi connectivity index (χ2n) is 7.82.